The summed E-state index contributed by atoms with van der Waals surface area (Å²) >= 11 is 0. The summed E-state index contributed by atoms with van der Waals surface area (Å²) in [6, 6.07) is 3.81. The molecule has 0 fully saturated rings. The molecule has 0 aliphatic rings. The summed E-state index contributed by atoms with van der Waals surface area (Å²) in [5.41, 5.74) is 1.77. The Morgan fingerprint density at radius 3 is 2.55 bits per heavy atom. The maximum Gasteiger partial charge on any atom is 0.387 e. The molecule has 1 aromatic carbocycles. The summed E-state index contributed by atoms with van der Waals surface area (Å²) in [5, 5.41) is 10.0. The van der Waals surface area contributed by atoms with E-state index in [0.29, 0.717) is 25.5 Å². The molecule has 1 aromatic heterocycles. The second-order valence-electron chi connectivity index (χ2n) is 5.88. The number of aryl methyl sites for hydroxylation is 2. The molecular formula is C19H26F3IN4O2. The van der Waals surface area contributed by atoms with Gasteiger partial charge in [0, 0.05) is 30.6 Å². The van der Waals surface area contributed by atoms with Gasteiger partial charge in [0.25, 0.3) is 0 Å². The van der Waals surface area contributed by atoms with Crippen molar-refractivity contribution in [2.75, 3.05) is 6.54 Å². The minimum atomic E-state index is -3.03. The third-order valence-electron chi connectivity index (χ3n) is 4.07. The predicted molar refractivity (Wildman–Crippen MR) is 115 cm³/mol. The molecule has 162 valence electrons. The van der Waals surface area contributed by atoms with Crippen LogP contribution in [0.4, 0.5) is 13.2 Å². The zero-order valence-corrected chi connectivity index (χ0v) is 18.9. The van der Waals surface area contributed by atoms with Crippen molar-refractivity contribution in [2.24, 2.45) is 4.99 Å². The van der Waals surface area contributed by atoms with E-state index in [9.17, 15) is 13.2 Å². The Hall–Kier alpha value is -1.98. The van der Waals surface area contributed by atoms with E-state index in [0.717, 1.165) is 23.4 Å². The van der Waals surface area contributed by atoms with E-state index in [4.69, 9.17) is 4.52 Å². The third kappa shape index (κ3) is 7.09. The summed E-state index contributed by atoms with van der Waals surface area (Å²) < 4.78 is 48.9. The molecule has 0 saturated carbocycles. The van der Waals surface area contributed by atoms with Crippen LogP contribution in [0.1, 0.15) is 43.4 Å². The number of benzene rings is 1. The minimum Gasteiger partial charge on any atom is -0.434 e. The van der Waals surface area contributed by atoms with Gasteiger partial charge in [-0.2, -0.15) is 8.78 Å². The van der Waals surface area contributed by atoms with Crippen LogP contribution in [-0.2, 0) is 25.9 Å². The van der Waals surface area contributed by atoms with E-state index < -0.39 is 12.4 Å². The van der Waals surface area contributed by atoms with Gasteiger partial charge in [-0.15, -0.1) is 24.0 Å². The van der Waals surface area contributed by atoms with Gasteiger partial charge in [-0.25, -0.2) is 9.38 Å². The number of halogens is 4. The molecule has 0 amide bonds. The smallest absolute Gasteiger partial charge is 0.387 e. The highest BCUT2D eigenvalue weighted by molar-refractivity contribution is 14.0. The van der Waals surface area contributed by atoms with E-state index in [-0.39, 0.29) is 41.8 Å². The zero-order chi connectivity index (χ0) is 20.5. The second-order valence-corrected chi connectivity index (χ2v) is 5.88. The summed E-state index contributed by atoms with van der Waals surface area (Å²) in [6.07, 6.45) is 1.42. The van der Waals surface area contributed by atoms with Gasteiger partial charge in [-0.05, 0) is 25.5 Å². The molecule has 0 spiro atoms. The molecule has 0 aliphatic heterocycles. The van der Waals surface area contributed by atoms with E-state index in [1.54, 1.807) is 0 Å². The van der Waals surface area contributed by atoms with Gasteiger partial charge in [0.15, 0.2) is 5.96 Å². The van der Waals surface area contributed by atoms with Gasteiger partial charge in [0.2, 0.25) is 0 Å². The molecule has 2 rings (SSSR count). The van der Waals surface area contributed by atoms with Gasteiger partial charge in [-0.1, -0.05) is 25.1 Å². The van der Waals surface area contributed by atoms with Crippen LogP contribution in [-0.4, -0.2) is 24.3 Å². The van der Waals surface area contributed by atoms with E-state index >= 15 is 0 Å². The molecule has 2 N–H and O–H groups in total. The lowest BCUT2D eigenvalue weighted by Gasteiger charge is -2.15. The molecule has 0 bridgehead atoms. The normalized spacial score (nSPS) is 11.3. The molecule has 29 heavy (non-hydrogen) atoms. The fourth-order valence-corrected chi connectivity index (χ4v) is 2.71. The number of nitrogens with zero attached hydrogens (tertiary/aromatic N) is 2. The molecule has 0 saturated heterocycles. The van der Waals surface area contributed by atoms with Crippen LogP contribution in [0, 0.1) is 5.82 Å². The van der Waals surface area contributed by atoms with Crippen LogP contribution in [0.15, 0.2) is 27.7 Å². The number of aromatic nitrogens is 1. The van der Waals surface area contributed by atoms with Gasteiger partial charge in [0.05, 0.1) is 12.2 Å². The van der Waals surface area contributed by atoms with Crippen molar-refractivity contribution < 1.29 is 22.4 Å². The highest BCUT2D eigenvalue weighted by Crippen LogP contribution is 2.23. The van der Waals surface area contributed by atoms with E-state index in [1.807, 2.05) is 20.8 Å². The van der Waals surface area contributed by atoms with Crippen molar-refractivity contribution in [3.63, 3.8) is 0 Å². The molecule has 0 atom stereocenters. The topological polar surface area (TPSA) is 71.7 Å². The first-order valence-electron chi connectivity index (χ1n) is 9.20. The molecule has 0 radical (unpaired) electrons. The fraction of sp³-hybridized carbons (Fsp3) is 0.474. The first kappa shape index (κ1) is 25.1. The van der Waals surface area contributed by atoms with Crippen molar-refractivity contribution in [2.45, 2.75) is 53.3 Å². The fourth-order valence-electron chi connectivity index (χ4n) is 2.71. The Labute approximate surface area is 185 Å². The van der Waals surface area contributed by atoms with Crippen LogP contribution in [0.5, 0.6) is 5.75 Å². The van der Waals surface area contributed by atoms with Crippen LogP contribution >= 0.6 is 24.0 Å². The van der Waals surface area contributed by atoms with E-state index in [1.165, 1.54) is 18.2 Å². The number of rotatable bonds is 9. The van der Waals surface area contributed by atoms with Crippen LogP contribution in [0.3, 0.4) is 0 Å². The average Bonchev–Trinajstić information content (AvgIpc) is 3.07. The number of guanidine groups is 1. The summed E-state index contributed by atoms with van der Waals surface area (Å²) in [4.78, 5) is 4.49. The number of aliphatic imine (C=N–C) groups is 1. The van der Waals surface area contributed by atoms with Crippen LogP contribution in [0.2, 0.25) is 0 Å². The second kappa shape index (κ2) is 12.6. The lowest BCUT2D eigenvalue weighted by molar-refractivity contribution is -0.0506. The lowest BCUT2D eigenvalue weighted by atomic mass is 10.1. The standard InChI is InChI=1S/C19H25F3N4O2.HI/c1-4-15-13(16(5-2)28-26-15)11-25-19(23-6-3)24-10-12-14(20)8-7-9-17(12)27-18(21)22;/h7-9,18H,4-6,10-11H2,1-3H3,(H2,23,24,25);1H. The number of ether oxygens (including phenoxy) is 1. The maximum absolute atomic E-state index is 14.1. The molecular weight excluding hydrogens is 500 g/mol. The van der Waals surface area contributed by atoms with Crippen LogP contribution in [0.25, 0.3) is 0 Å². The van der Waals surface area contributed by atoms with Gasteiger partial charge < -0.3 is 19.9 Å². The largest absolute Gasteiger partial charge is 0.434 e. The Morgan fingerprint density at radius 2 is 1.93 bits per heavy atom. The molecule has 10 heteroatoms. The summed E-state index contributed by atoms with van der Waals surface area (Å²) in [6.45, 7) is 3.66. The minimum absolute atomic E-state index is 0. The highest BCUT2D eigenvalue weighted by atomic mass is 127. The van der Waals surface area contributed by atoms with Gasteiger partial charge in [0.1, 0.15) is 17.3 Å². The average molecular weight is 526 g/mol. The maximum atomic E-state index is 14.1. The van der Waals surface area contributed by atoms with Crippen molar-refractivity contribution in [1.29, 1.82) is 0 Å². The number of hydrogen-bond acceptors (Lipinski definition) is 4. The Bertz CT molecular complexity index is 778. The third-order valence-corrected chi connectivity index (χ3v) is 4.07. The first-order valence-corrected chi connectivity index (χ1v) is 9.20. The van der Waals surface area contributed by atoms with Crippen LogP contribution < -0.4 is 15.4 Å². The van der Waals surface area contributed by atoms with Crippen molar-refractivity contribution in [3.8, 4) is 5.75 Å². The van der Waals surface area contributed by atoms with Crippen molar-refractivity contribution >= 4 is 29.9 Å². The number of alkyl halides is 2. The zero-order valence-electron chi connectivity index (χ0n) is 16.6. The van der Waals surface area contributed by atoms with E-state index in [2.05, 4.69) is 25.5 Å². The molecule has 0 unspecified atom stereocenters. The Kier molecular flexibility index (Phi) is 10.8. The highest BCUT2D eigenvalue weighted by Gasteiger charge is 2.15. The quantitative estimate of drug-likeness (QED) is 0.288. The summed E-state index contributed by atoms with van der Waals surface area (Å²) in [7, 11) is 0. The Balaban J connectivity index is 0.00000420. The predicted octanol–water partition coefficient (Wildman–Crippen LogP) is 4.41. The Morgan fingerprint density at radius 1 is 1.17 bits per heavy atom. The first-order chi connectivity index (χ1) is 13.5. The summed E-state index contributed by atoms with van der Waals surface area (Å²) in [5.74, 6) is 0.346. The monoisotopic (exact) mass is 526 g/mol. The molecule has 2 aromatic rings. The number of nitrogens with one attached hydrogen (secondary N) is 2. The van der Waals surface area contributed by atoms with Gasteiger partial charge >= 0.3 is 6.61 Å². The lowest BCUT2D eigenvalue weighted by Crippen LogP contribution is -2.37. The van der Waals surface area contributed by atoms with Gasteiger partial charge in [-0.3, -0.25) is 0 Å². The van der Waals surface area contributed by atoms with Crippen molar-refractivity contribution in [1.82, 2.24) is 15.8 Å². The number of hydrogen-bond donors (Lipinski definition) is 2. The molecule has 1 heterocycles. The SMILES string of the molecule is CCNC(=NCc1c(CC)noc1CC)NCc1c(F)cccc1OC(F)F.I. The molecule has 6 nitrogen and oxygen atoms in total. The molecule has 0 aliphatic carbocycles. The van der Waals surface area contributed by atoms with Crippen molar-refractivity contribution in [3.05, 3.63) is 46.6 Å².